The molecule has 2 aromatic heterocycles. The van der Waals surface area contributed by atoms with Crippen LogP contribution in [0.4, 0.5) is 24.8 Å². The van der Waals surface area contributed by atoms with Crippen LogP contribution < -0.4 is 15.0 Å². The summed E-state index contributed by atoms with van der Waals surface area (Å²) in [4.78, 5) is 24.4. The van der Waals surface area contributed by atoms with Gasteiger partial charge in [-0.2, -0.15) is 28.2 Å². The number of hydrogen-bond donors (Lipinski definition) is 1. The summed E-state index contributed by atoms with van der Waals surface area (Å²) in [6.07, 6.45) is -2.69. The molecule has 0 bridgehead atoms. The molecule has 2 unspecified atom stereocenters. The first-order chi connectivity index (χ1) is 19.0. The van der Waals surface area contributed by atoms with Crippen molar-refractivity contribution >= 4 is 28.5 Å². The topological polar surface area (TPSA) is 94.4 Å². The van der Waals surface area contributed by atoms with E-state index in [9.17, 15) is 18.0 Å². The van der Waals surface area contributed by atoms with Gasteiger partial charge in [0.05, 0.1) is 24.3 Å². The summed E-state index contributed by atoms with van der Waals surface area (Å²) in [5.74, 6) is 0.880. The number of hydrogen-bond acceptors (Lipinski definition) is 8. The second-order valence-electron chi connectivity index (χ2n) is 9.97. The molecule has 9 nitrogen and oxygen atoms in total. The number of nitrogens with zero attached hydrogens (tertiary/aromatic N) is 5. The third kappa shape index (κ3) is 6.01. The van der Waals surface area contributed by atoms with E-state index in [2.05, 4.69) is 15.4 Å². The summed E-state index contributed by atoms with van der Waals surface area (Å²) >= 11 is 0. The molecule has 4 aromatic rings. The van der Waals surface area contributed by atoms with Crippen molar-refractivity contribution in [1.82, 2.24) is 19.7 Å². The largest absolute Gasteiger partial charge is 0.438 e. The van der Waals surface area contributed by atoms with Gasteiger partial charge in [0.25, 0.3) is 0 Å². The molecular formula is C28H29F3N6O3. The standard InChI is InChI=1S/C28H29F3N6O3/c1-16-8-9-19(23(38)12-32-21-7-5-6-20(11-21)28(29,30)31)10-24(16)40-26-22-15-36(4)35-25(22)33-27(34-26)37-13-17(2)39-18(3)14-37/h5-11,15,17-18,32H,12-14H2,1-4H3. The fraction of sp³-hybridized carbons (Fsp3) is 0.357. The minimum absolute atomic E-state index is 0.00522. The quantitative estimate of drug-likeness (QED) is 0.304. The van der Waals surface area contributed by atoms with Gasteiger partial charge in [-0.25, -0.2) is 0 Å². The summed E-state index contributed by atoms with van der Waals surface area (Å²) < 4.78 is 52.8. The van der Waals surface area contributed by atoms with E-state index in [0.29, 0.717) is 47.3 Å². The first-order valence-corrected chi connectivity index (χ1v) is 12.8. The Morgan fingerprint density at radius 3 is 2.60 bits per heavy atom. The van der Waals surface area contributed by atoms with Crippen LogP contribution in [-0.4, -0.2) is 57.4 Å². The first kappa shape index (κ1) is 27.4. The summed E-state index contributed by atoms with van der Waals surface area (Å²) in [5, 5.41) is 7.84. The Morgan fingerprint density at radius 1 is 1.12 bits per heavy atom. The number of carbonyl (C=O) groups excluding carboxylic acids is 1. The molecule has 12 heteroatoms. The van der Waals surface area contributed by atoms with Crippen molar-refractivity contribution in [2.24, 2.45) is 7.05 Å². The third-order valence-corrected chi connectivity index (χ3v) is 6.51. The highest BCUT2D eigenvalue weighted by atomic mass is 19.4. The number of carbonyl (C=O) groups is 1. The lowest BCUT2D eigenvalue weighted by Gasteiger charge is -2.35. The van der Waals surface area contributed by atoms with Gasteiger partial charge in [-0.3, -0.25) is 9.48 Å². The van der Waals surface area contributed by atoms with E-state index in [0.717, 1.165) is 17.7 Å². The van der Waals surface area contributed by atoms with Crippen molar-refractivity contribution in [3.63, 3.8) is 0 Å². The number of nitrogens with one attached hydrogen (secondary N) is 1. The van der Waals surface area contributed by atoms with Crippen LogP contribution in [0.2, 0.25) is 0 Å². The number of ether oxygens (including phenoxy) is 2. The zero-order chi connectivity index (χ0) is 28.6. The number of aromatic nitrogens is 4. The molecule has 0 saturated carbocycles. The molecule has 1 saturated heterocycles. The number of benzene rings is 2. The molecule has 1 N–H and O–H groups in total. The maximum Gasteiger partial charge on any atom is 0.416 e. The highest BCUT2D eigenvalue weighted by molar-refractivity contribution is 5.99. The second kappa shape index (κ2) is 10.8. The molecule has 0 aliphatic carbocycles. The minimum Gasteiger partial charge on any atom is -0.438 e. The average Bonchev–Trinajstić information content (AvgIpc) is 3.28. The van der Waals surface area contributed by atoms with Crippen LogP contribution in [0.3, 0.4) is 0 Å². The van der Waals surface area contributed by atoms with Gasteiger partial charge in [0.1, 0.15) is 11.1 Å². The molecule has 3 heterocycles. The predicted octanol–water partition coefficient (Wildman–Crippen LogP) is 5.39. The lowest BCUT2D eigenvalue weighted by Crippen LogP contribution is -2.46. The van der Waals surface area contributed by atoms with Crippen LogP contribution in [0.5, 0.6) is 11.6 Å². The van der Waals surface area contributed by atoms with E-state index in [1.54, 1.807) is 36.1 Å². The number of aryl methyl sites for hydroxylation is 2. The Kier molecular flexibility index (Phi) is 7.37. The number of halogens is 3. The van der Waals surface area contributed by atoms with Gasteiger partial charge < -0.3 is 19.7 Å². The molecule has 0 radical (unpaired) electrons. The summed E-state index contributed by atoms with van der Waals surface area (Å²) in [6.45, 7) is 6.87. The number of anilines is 2. The Labute approximate surface area is 228 Å². The van der Waals surface area contributed by atoms with Crippen molar-refractivity contribution < 1.29 is 27.4 Å². The molecule has 2 atom stereocenters. The molecule has 1 aliphatic rings. The molecule has 0 amide bonds. The Bertz CT molecular complexity index is 1540. The van der Waals surface area contributed by atoms with Gasteiger partial charge >= 0.3 is 6.18 Å². The highest BCUT2D eigenvalue weighted by Gasteiger charge is 2.30. The SMILES string of the molecule is Cc1ccc(C(=O)CNc2cccc(C(F)(F)F)c2)cc1Oc1nc(N2CC(C)OC(C)C2)nc2nn(C)cc12. The summed E-state index contributed by atoms with van der Waals surface area (Å²) in [6, 6.07) is 9.73. The number of ketones is 1. The zero-order valence-electron chi connectivity index (χ0n) is 22.5. The number of morpholine rings is 1. The molecule has 210 valence electrons. The second-order valence-corrected chi connectivity index (χ2v) is 9.97. The Hall–Kier alpha value is -4.19. The smallest absolute Gasteiger partial charge is 0.416 e. The molecule has 1 aliphatic heterocycles. The molecule has 5 rings (SSSR count). The average molecular weight is 555 g/mol. The lowest BCUT2D eigenvalue weighted by molar-refractivity contribution is -0.137. The van der Waals surface area contributed by atoms with E-state index in [1.165, 1.54) is 12.1 Å². The number of fused-ring (bicyclic) bond motifs is 1. The van der Waals surface area contributed by atoms with Gasteiger partial charge in [-0.15, -0.1) is 0 Å². The van der Waals surface area contributed by atoms with Gasteiger partial charge in [0.2, 0.25) is 11.8 Å². The maximum absolute atomic E-state index is 13.0. The van der Waals surface area contributed by atoms with E-state index < -0.39 is 11.7 Å². The highest BCUT2D eigenvalue weighted by Crippen LogP contribution is 2.33. The van der Waals surface area contributed by atoms with Crippen molar-refractivity contribution in [3.05, 3.63) is 65.4 Å². The molecule has 0 spiro atoms. The normalized spacial score (nSPS) is 17.7. The monoisotopic (exact) mass is 554 g/mol. The maximum atomic E-state index is 13.0. The van der Waals surface area contributed by atoms with Gasteiger partial charge in [0, 0.05) is 37.6 Å². The summed E-state index contributed by atoms with van der Waals surface area (Å²) in [7, 11) is 1.78. The van der Waals surface area contributed by atoms with Crippen LogP contribution in [0.1, 0.15) is 35.3 Å². The zero-order valence-corrected chi connectivity index (χ0v) is 22.5. The van der Waals surface area contributed by atoms with E-state index in [-0.39, 0.29) is 30.2 Å². The molecule has 2 aromatic carbocycles. The van der Waals surface area contributed by atoms with Crippen LogP contribution >= 0.6 is 0 Å². The first-order valence-electron chi connectivity index (χ1n) is 12.8. The molecule has 1 fully saturated rings. The molecular weight excluding hydrogens is 525 g/mol. The summed E-state index contributed by atoms with van der Waals surface area (Å²) in [5.41, 5.74) is 0.999. The van der Waals surface area contributed by atoms with Crippen molar-refractivity contribution in [2.45, 2.75) is 39.2 Å². The Balaban J connectivity index is 1.39. The lowest BCUT2D eigenvalue weighted by atomic mass is 10.1. The van der Waals surface area contributed by atoms with Crippen molar-refractivity contribution in [2.75, 3.05) is 29.9 Å². The number of alkyl halides is 3. The van der Waals surface area contributed by atoms with E-state index in [1.807, 2.05) is 25.7 Å². The Morgan fingerprint density at radius 2 is 1.88 bits per heavy atom. The van der Waals surface area contributed by atoms with Crippen molar-refractivity contribution in [1.29, 1.82) is 0 Å². The van der Waals surface area contributed by atoms with Crippen LogP contribution in [0, 0.1) is 6.92 Å². The predicted molar refractivity (Wildman–Crippen MR) is 144 cm³/mol. The minimum atomic E-state index is -4.47. The number of Topliss-reactive ketones (excluding diaryl/α,β-unsaturated/α-hetero) is 1. The fourth-order valence-corrected chi connectivity index (χ4v) is 4.62. The molecule has 40 heavy (non-hydrogen) atoms. The van der Waals surface area contributed by atoms with Gasteiger partial charge in [-0.05, 0) is 50.6 Å². The van der Waals surface area contributed by atoms with Crippen molar-refractivity contribution in [3.8, 4) is 11.6 Å². The third-order valence-electron chi connectivity index (χ3n) is 6.51. The van der Waals surface area contributed by atoms with Gasteiger partial charge in [0.15, 0.2) is 11.4 Å². The van der Waals surface area contributed by atoms with Crippen LogP contribution in [0.15, 0.2) is 48.7 Å². The van der Waals surface area contributed by atoms with E-state index >= 15 is 0 Å². The van der Waals surface area contributed by atoms with Crippen LogP contribution in [0.25, 0.3) is 11.0 Å². The van der Waals surface area contributed by atoms with Crippen LogP contribution in [-0.2, 0) is 18.0 Å². The van der Waals surface area contributed by atoms with E-state index in [4.69, 9.17) is 14.5 Å². The fourth-order valence-electron chi connectivity index (χ4n) is 4.62. The number of rotatable bonds is 7. The van der Waals surface area contributed by atoms with Gasteiger partial charge in [-0.1, -0.05) is 18.2 Å².